The van der Waals surface area contributed by atoms with Gasteiger partial charge in [0.25, 0.3) is 0 Å². The normalized spacial score (nSPS) is 13.2. The SMILES string of the molecule is CCOP(CC)(c1ccccc1)(c1ccccc1)c1ccccc1. The Bertz CT molecular complexity index is 669. The monoisotopic (exact) mass is 336 g/mol. The molecule has 0 fully saturated rings. The quantitative estimate of drug-likeness (QED) is 0.603. The molecule has 0 bridgehead atoms. The van der Waals surface area contributed by atoms with Crippen molar-refractivity contribution in [2.45, 2.75) is 13.8 Å². The summed E-state index contributed by atoms with van der Waals surface area (Å²) in [5.41, 5.74) is 0. The molecule has 0 aliphatic carbocycles. The maximum atomic E-state index is 6.86. The van der Waals surface area contributed by atoms with Gasteiger partial charge in [-0.1, -0.05) is 0 Å². The van der Waals surface area contributed by atoms with Crippen LogP contribution in [0, 0.1) is 0 Å². The Kier molecular flexibility index (Phi) is 4.85. The standard InChI is InChI=1S/C22H25OP/c1-3-23-24(4-2,20-14-8-5-9-15-20,21-16-10-6-11-17-21)22-18-12-7-13-19-22/h5-19H,3-4H2,1-2H3. The Morgan fingerprint density at radius 1 is 0.583 bits per heavy atom. The Morgan fingerprint density at radius 3 is 1.17 bits per heavy atom. The number of rotatable bonds is 6. The molecule has 1 nitrogen and oxygen atoms in total. The first-order valence-corrected chi connectivity index (χ1v) is 10.9. The van der Waals surface area contributed by atoms with E-state index in [1.54, 1.807) is 0 Å². The van der Waals surface area contributed by atoms with Crippen LogP contribution in [0.2, 0.25) is 0 Å². The Hall–Kier alpha value is -1.95. The number of hydrogen-bond donors (Lipinski definition) is 0. The first-order chi connectivity index (χ1) is 11.8. The summed E-state index contributed by atoms with van der Waals surface area (Å²) < 4.78 is 6.86. The van der Waals surface area contributed by atoms with Crippen LogP contribution in [0.25, 0.3) is 0 Å². The summed E-state index contributed by atoms with van der Waals surface area (Å²) in [7, 11) is 0. The van der Waals surface area contributed by atoms with Crippen LogP contribution in [0.3, 0.4) is 0 Å². The summed E-state index contributed by atoms with van der Waals surface area (Å²) in [6.45, 7) is 2.10. The first-order valence-electron chi connectivity index (χ1n) is 8.60. The van der Waals surface area contributed by atoms with Crippen molar-refractivity contribution >= 4 is 22.7 Å². The van der Waals surface area contributed by atoms with E-state index in [1.165, 1.54) is 15.9 Å². The Labute approximate surface area is 145 Å². The molecule has 0 aliphatic rings. The fourth-order valence-corrected chi connectivity index (χ4v) is 9.42. The second-order valence-electron chi connectivity index (χ2n) is 5.95. The molecule has 2 heteroatoms. The fraction of sp³-hybridized carbons (Fsp3) is 0.182. The third-order valence-electron chi connectivity index (χ3n) is 4.92. The summed E-state index contributed by atoms with van der Waals surface area (Å²) in [4.78, 5) is 0. The van der Waals surface area contributed by atoms with Crippen molar-refractivity contribution in [1.29, 1.82) is 0 Å². The maximum absolute atomic E-state index is 6.86. The molecule has 0 spiro atoms. The van der Waals surface area contributed by atoms with Crippen LogP contribution in [0.1, 0.15) is 13.8 Å². The van der Waals surface area contributed by atoms with Gasteiger partial charge in [0.05, 0.1) is 0 Å². The van der Waals surface area contributed by atoms with E-state index in [4.69, 9.17) is 4.52 Å². The van der Waals surface area contributed by atoms with E-state index in [9.17, 15) is 0 Å². The van der Waals surface area contributed by atoms with Gasteiger partial charge in [0.15, 0.2) is 0 Å². The van der Waals surface area contributed by atoms with E-state index in [1.807, 2.05) is 0 Å². The molecule has 0 atom stereocenters. The van der Waals surface area contributed by atoms with Gasteiger partial charge in [-0.25, -0.2) is 0 Å². The van der Waals surface area contributed by atoms with E-state index in [0.29, 0.717) is 6.61 Å². The van der Waals surface area contributed by atoms with Gasteiger partial charge in [0.2, 0.25) is 0 Å². The molecule has 3 aromatic rings. The summed E-state index contributed by atoms with van der Waals surface area (Å²) >= 11 is 0. The van der Waals surface area contributed by atoms with Crippen molar-refractivity contribution in [3.05, 3.63) is 91.0 Å². The van der Waals surface area contributed by atoms with Gasteiger partial charge in [0, 0.05) is 0 Å². The minimum absolute atomic E-state index is 0.685. The second kappa shape index (κ2) is 6.89. The molecular formula is C22H25OP. The number of benzene rings is 3. The van der Waals surface area contributed by atoms with Gasteiger partial charge in [-0.2, -0.15) is 0 Å². The van der Waals surface area contributed by atoms with Gasteiger partial charge >= 0.3 is 145 Å². The number of hydrogen-bond acceptors (Lipinski definition) is 1. The predicted molar refractivity (Wildman–Crippen MR) is 107 cm³/mol. The zero-order valence-electron chi connectivity index (χ0n) is 14.4. The van der Waals surface area contributed by atoms with Crippen LogP contribution in [-0.2, 0) is 4.52 Å². The summed E-state index contributed by atoms with van der Waals surface area (Å²) in [6.07, 6.45) is 0.942. The summed E-state index contributed by atoms with van der Waals surface area (Å²) in [5.74, 6) is 0. The molecule has 3 rings (SSSR count). The van der Waals surface area contributed by atoms with Crippen molar-refractivity contribution in [3.8, 4) is 0 Å². The van der Waals surface area contributed by atoms with E-state index < -0.39 is 6.83 Å². The second-order valence-corrected chi connectivity index (χ2v) is 10.8. The topological polar surface area (TPSA) is 9.23 Å². The molecule has 0 aliphatic heterocycles. The third kappa shape index (κ3) is 2.40. The predicted octanol–water partition coefficient (Wildman–Crippen LogP) is 4.49. The molecule has 0 amide bonds. The molecule has 0 radical (unpaired) electrons. The van der Waals surface area contributed by atoms with E-state index in [2.05, 4.69) is 105 Å². The first kappa shape index (κ1) is 16.9. The molecular weight excluding hydrogens is 311 g/mol. The van der Waals surface area contributed by atoms with Crippen LogP contribution in [0.4, 0.5) is 0 Å². The fourth-order valence-electron chi connectivity index (χ4n) is 3.82. The van der Waals surface area contributed by atoms with Crippen LogP contribution in [0.15, 0.2) is 91.0 Å². The molecule has 0 aromatic heterocycles. The van der Waals surface area contributed by atoms with Gasteiger partial charge in [-0.05, 0) is 0 Å². The van der Waals surface area contributed by atoms with Crippen LogP contribution in [0.5, 0.6) is 0 Å². The molecule has 0 saturated heterocycles. The average molecular weight is 336 g/mol. The Morgan fingerprint density at radius 2 is 0.917 bits per heavy atom. The van der Waals surface area contributed by atoms with Gasteiger partial charge in [-0.3, -0.25) is 0 Å². The summed E-state index contributed by atoms with van der Waals surface area (Å²) in [6, 6.07) is 32.4. The van der Waals surface area contributed by atoms with E-state index >= 15 is 0 Å². The van der Waals surface area contributed by atoms with Gasteiger partial charge in [-0.15, -0.1) is 0 Å². The van der Waals surface area contributed by atoms with Crippen LogP contribution >= 0.6 is 6.83 Å². The molecule has 0 saturated carbocycles. The van der Waals surface area contributed by atoms with E-state index in [-0.39, 0.29) is 0 Å². The Balaban J connectivity index is 2.47. The average Bonchev–Trinajstić information content (AvgIpc) is 2.69. The van der Waals surface area contributed by atoms with Crippen molar-refractivity contribution in [2.24, 2.45) is 0 Å². The molecule has 0 N–H and O–H groups in total. The zero-order chi connectivity index (χ0) is 16.9. The molecule has 0 unspecified atom stereocenters. The third-order valence-corrected chi connectivity index (χ3v) is 11.1. The summed E-state index contributed by atoms with van der Waals surface area (Å²) in [5, 5.41) is 3.89. The molecule has 0 heterocycles. The minimum atomic E-state index is -2.96. The molecule has 3 aromatic carbocycles. The van der Waals surface area contributed by atoms with E-state index in [0.717, 1.165) is 6.16 Å². The molecule has 24 heavy (non-hydrogen) atoms. The van der Waals surface area contributed by atoms with Gasteiger partial charge < -0.3 is 0 Å². The molecule has 124 valence electrons. The zero-order valence-corrected chi connectivity index (χ0v) is 15.3. The van der Waals surface area contributed by atoms with Crippen molar-refractivity contribution < 1.29 is 4.52 Å². The van der Waals surface area contributed by atoms with Gasteiger partial charge in [0.1, 0.15) is 0 Å². The van der Waals surface area contributed by atoms with Crippen molar-refractivity contribution in [1.82, 2.24) is 0 Å². The van der Waals surface area contributed by atoms with Crippen molar-refractivity contribution in [2.75, 3.05) is 12.8 Å². The van der Waals surface area contributed by atoms with Crippen LogP contribution in [-0.4, -0.2) is 12.8 Å². The van der Waals surface area contributed by atoms with Crippen LogP contribution < -0.4 is 15.9 Å². The van der Waals surface area contributed by atoms with Crippen molar-refractivity contribution in [3.63, 3.8) is 0 Å².